The standard InChI is InChI=1S/C13H20ClNO/c1-3-11(14)8-7-10(2)13-6-4-5-12(9-15)16-13/h3,7-8,12-13H,2,4-6,9,15H2,1H3/b8-7-,11-3+/t12-,13+/m0/s1. The molecule has 0 bridgehead atoms. The second-order valence-electron chi connectivity index (χ2n) is 4.00. The Kier molecular flexibility index (Phi) is 5.81. The third kappa shape index (κ3) is 4.12. The highest BCUT2D eigenvalue weighted by atomic mass is 35.5. The van der Waals surface area contributed by atoms with Gasteiger partial charge in [0.1, 0.15) is 0 Å². The van der Waals surface area contributed by atoms with Gasteiger partial charge < -0.3 is 10.5 Å². The van der Waals surface area contributed by atoms with E-state index in [1.54, 1.807) is 0 Å². The van der Waals surface area contributed by atoms with Gasteiger partial charge in [-0.15, -0.1) is 0 Å². The van der Waals surface area contributed by atoms with Gasteiger partial charge in [0.15, 0.2) is 0 Å². The Labute approximate surface area is 103 Å². The molecule has 1 aliphatic rings. The number of rotatable bonds is 4. The van der Waals surface area contributed by atoms with Crippen LogP contribution in [-0.2, 0) is 4.74 Å². The van der Waals surface area contributed by atoms with Gasteiger partial charge >= 0.3 is 0 Å². The van der Waals surface area contributed by atoms with Crippen LogP contribution in [0.3, 0.4) is 0 Å². The second-order valence-corrected chi connectivity index (χ2v) is 4.43. The number of nitrogens with two attached hydrogens (primary N) is 1. The molecule has 16 heavy (non-hydrogen) atoms. The van der Waals surface area contributed by atoms with Crippen LogP contribution in [0, 0.1) is 0 Å². The predicted octanol–water partition coefficient (Wildman–Crippen LogP) is 3.14. The van der Waals surface area contributed by atoms with Crippen LogP contribution >= 0.6 is 11.6 Å². The summed E-state index contributed by atoms with van der Waals surface area (Å²) in [5.41, 5.74) is 6.58. The molecule has 1 aliphatic heterocycles. The summed E-state index contributed by atoms with van der Waals surface area (Å²) in [6.45, 7) is 6.50. The van der Waals surface area contributed by atoms with Crippen LogP contribution in [0.5, 0.6) is 0 Å². The van der Waals surface area contributed by atoms with Crippen molar-refractivity contribution in [3.8, 4) is 0 Å². The minimum atomic E-state index is 0.0971. The fraction of sp³-hybridized carbons (Fsp3) is 0.538. The van der Waals surface area contributed by atoms with E-state index in [0.717, 1.165) is 24.8 Å². The molecule has 0 spiro atoms. The molecule has 0 saturated carbocycles. The first-order chi connectivity index (χ1) is 7.67. The van der Waals surface area contributed by atoms with Crippen LogP contribution in [0.25, 0.3) is 0 Å². The van der Waals surface area contributed by atoms with E-state index < -0.39 is 0 Å². The maximum absolute atomic E-state index is 5.88. The van der Waals surface area contributed by atoms with Gasteiger partial charge in [0.25, 0.3) is 0 Å². The van der Waals surface area contributed by atoms with E-state index in [9.17, 15) is 0 Å². The molecule has 2 nitrogen and oxygen atoms in total. The van der Waals surface area contributed by atoms with Crippen LogP contribution in [0.15, 0.2) is 35.4 Å². The zero-order chi connectivity index (χ0) is 12.0. The Morgan fingerprint density at radius 1 is 1.50 bits per heavy atom. The molecular formula is C13H20ClNO. The van der Waals surface area contributed by atoms with Crippen molar-refractivity contribution in [2.24, 2.45) is 5.73 Å². The molecule has 0 aliphatic carbocycles. The normalized spacial score (nSPS) is 27.3. The molecule has 0 aromatic heterocycles. The lowest BCUT2D eigenvalue weighted by molar-refractivity contribution is -0.0233. The SMILES string of the molecule is C=C(/C=C\C(Cl)=C/C)[C@H]1CCC[C@@H](CN)O1. The van der Waals surface area contributed by atoms with Gasteiger partial charge in [-0.1, -0.05) is 30.3 Å². The van der Waals surface area contributed by atoms with Crippen LogP contribution in [0.1, 0.15) is 26.2 Å². The summed E-state index contributed by atoms with van der Waals surface area (Å²) in [6, 6.07) is 0. The number of allylic oxidation sites excluding steroid dienone is 3. The molecular weight excluding hydrogens is 222 g/mol. The van der Waals surface area contributed by atoms with Gasteiger partial charge in [0, 0.05) is 11.6 Å². The van der Waals surface area contributed by atoms with Crippen molar-refractivity contribution in [2.45, 2.75) is 38.4 Å². The molecule has 0 aromatic rings. The highest BCUT2D eigenvalue weighted by Gasteiger charge is 2.22. The summed E-state index contributed by atoms with van der Waals surface area (Å²) in [7, 11) is 0. The number of halogens is 1. The largest absolute Gasteiger partial charge is 0.369 e. The molecule has 0 amide bonds. The maximum Gasteiger partial charge on any atom is 0.0823 e. The van der Waals surface area contributed by atoms with Crippen LogP contribution in [0.4, 0.5) is 0 Å². The molecule has 1 heterocycles. The van der Waals surface area contributed by atoms with E-state index >= 15 is 0 Å². The quantitative estimate of drug-likeness (QED) is 0.768. The van der Waals surface area contributed by atoms with E-state index in [1.165, 1.54) is 0 Å². The molecule has 2 atom stereocenters. The van der Waals surface area contributed by atoms with E-state index in [-0.39, 0.29) is 12.2 Å². The van der Waals surface area contributed by atoms with E-state index in [4.69, 9.17) is 22.1 Å². The third-order valence-electron chi connectivity index (χ3n) is 2.76. The lowest BCUT2D eigenvalue weighted by atomic mass is 9.99. The zero-order valence-corrected chi connectivity index (χ0v) is 10.5. The smallest absolute Gasteiger partial charge is 0.0823 e. The van der Waals surface area contributed by atoms with Crippen molar-refractivity contribution in [1.29, 1.82) is 0 Å². The first-order valence-corrected chi connectivity index (χ1v) is 6.09. The Bertz CT molecular complexity index is 296. The molecule has 1 rings (SSSR count). The summed E-state index contributed by atoms with van der Waals surface area (Å²) in [5, 5.41) is 0.715. The molecule has 3 heteroatoms. The van der Waals surface area contributed by atoms with Crippen molar-refractivity contribution < 1.29 is 4.74 Å². The maximum atomic E-state index is 5.88. The second kappa shape index (κ2) is 6.89. The van der Waals surface area contributed by atoms with Crippen molar-refractivity contribution >= 4 is 11.6 Å². The zero-order valence-electron chi connectivity index (χ0n) is 9.79. The van der Waals surface area contributed by atoms with Crippen LogP contribution < -0.4 is 5.73 Å². The van der Waals surface area contributed by atoms with Gasteiger partial charge in [-0.25, -0.2) is 0 Å². The highest BCUT2D eigenvalue weighted by Crippen LogP contribution is 2.23. The summed E-state index contributed by atoms with van der Waals surface area (Å²) in [4.78, 5) is 0. The molecule has 2 N–H and O–H groups in total. The van der Waals surface area contributed by atoms with Crippen LogP contribution in [0.2, 0.25) is 0 Å². The molecule has 0 radical (unpaired) electrons. The monoisotopic (exact) mass is 241 g/mol. The molecule has 1 fully saturated rings. The van der Waals surface area contributed by atoms with Gasteiger partial charge in [0.05, 0.1) is 12.2 Å². The number of hydrogen-bond donors (Lipinski definition) is 1. The van der Waals surface area contributed by atoms with Crippen molar-refractivity contribution in [2.75, 3.05) is 6.54 Å². The first kappa shape index (κ1) is 13.5. The van der Waals surface area contributed by atoms with E-state index in [1.807, 2.05) is 25.2 Å². The molecule has 0 unspecified atom stereocenters. The molecule has 0 aromatic carbocycles. The van der Waals surface area contributed by atoms with Crippen molar-refractivity contribution in [3.63, 3.8) is 0 Å². The van der Waals surface area contributed by atoms with Crippen molar-refractivity contribution in [1.82, 2.24) is 0 Å². The Balaban J connectivity index is 2.50. The molecule has 90 valence electrons. The number of ether oxygens (including phenoxy) is 1. The summed E-state index contributed by atoms with van der Waals surface area (Å²) < 4.78 is 5.82. The van der Waals surface area contributed by atoms with Crippen molar-refractivity contribution in [3.05, 3.63) is 35.4 Å². The average Bonchev–Trinajstić information content (AvgIpc) is 2.35. The summed E-state index contributed by atoms with van der Waals surface area (Å²) in [6.07, 6.45) is 9.12. The first-order valence-electron chi connectivity index (χ1n) is 5.71. The van der Waals surface area contributed by atoms with E-state index in [2.05, 4.69) is 6.58 Å². The average molecular weight is 242 g/mol. The third-order valence-corrected chi connectivity index (χ3v) is 3.10. The molecule has 1 saturated heterocycles. The fourth-order valence-electron chi connectivity index (χ4n) is 1.74. The van der Waals surface area contributed by atoms with Gasteiger partial charge in [-0.05, 0) is 37.8 Å². The van der Waals surface area contributed by atoms with E-state index in [0.29, 0.717) is 11.6 Å². The number of hydrogen-bond acceptors (Lipinski definition) is 2. The summed E-state index contributed by atoms with van der Waals surface area (Å²) in [5.74, 6) is 0. The minimum Gasteiger partial charge on any atom is -0.369 e. The lowest BCUT2D eigenvalue weighted by Gasteiger charge is -2.29. The Hall–Kier alpha value is -0.570. The summed E-state index contributed by atoms with van der Waals surface area (Å²) >= 11 is 5.88. The van der Waals surface area contributed by atoms with Gasteiger partial charge in [-0.2, -0.15) is 0 Å². The topological polar surface area (TPSA) is 35.2 Å². The van der Waals surface area contributed by atoms with Gasteiger partial charge in [-0.3, -0.25) is 0 Å². The lowest BCUT2D eigenvalue weighted by Crippen LogP contribution is -2.33. The Morgan fingerprint density at radius 2 is 2.25 bits per heavy atom. The Morgan fingerprint density at radius 3 is 2.88 bits per heavy atom. The predicted molar refractivity (Wildman–Crippen MR) is 69.5 cm³/mol. The highest BCUT2D eigenvalue weighted by molar-refractivity contribution is 6.31. The van der Waals surface area contributed by atoms with Crippen LogP contribution in [-0.4, -0.2) is 18.8 Å². The minimum absolute atomic E-state index is 0.0971. The fourth-order valence-corrected chi connectivity index (χ4v) is 1.80. The van der Waals surface area contributed by atoms with Gasteiger partial charge in [0.2, 0.25) is 0 Å².